The molecule has 0 saturated heterocycles. The van der Waals surface area contributed by atoms with Gasteiger partial charge < -0.3 is 5.11 Å². The first kappa shape index (κ1) is 8.58. The van der Waals surface area contributed by atoms with Crippen molar-refractivity contribution in [2.45, 2.75) is 0 Å². The van der Waals surface area contributed by atoms with Crippen LogP contribution in [0, 0.1) is 0 Å². The number of benzene rings is 1. The van der Waals surface area contributed by atoms with Crippen molar-refractivity contribution in [3.05, 3.63) is 42.1 Å². The van der Waals surface area contributed by atoms with Gasteiger partial charge in [0.15, 0.2) is 0 Å². The zero-order valence-corrected chi connectivity index (χ0v) is 6.25. The number of aliphatic hydroxyl groups excluding tert-OH is 1. The summed E-state index contributed by atoms with van der Waals surface area (Å²) in [7, 11) is 0. The lowest BCUT2D eigenvalue weighted by molar-refractivity contribution is -0.267. The third-order valence-corrected chi connectivity index (χ3v) is 1.31. The summed E-state index contributed by atoms with van der Waals surface area (Å²) in [6.07, 6.45) is 0.787. The molecule has 0 heterocycles. The molecule has 12 heavy (non-hydrogen) atoms. The molecule has 0 unspecified atom stereocenters. The first-order valence-electron chi connectivity index (χ1n) is 3.33. The molecule has 1 rings (SSSR count). The molecule has 4 heteroatoms. The van der Waals surface area contributed by atoms with Gasteiger partial charge >= 0.3 is 0 Å². The van der Waals surface area contributed by atoms with Gasteiger partial charge in [-0.1, -0.05) is 30.3 Å². The second-order valence-corrected chi connectivity index (χ2v) is 2.20. The highest BCUT2D eigenvalue weighted by atomic mass is 16.8. The lowest BCUT2D eigenvalue weighted by Gasteiger charge is -2.02. The number of hydrogen-bond donors (Lipinski definition) is 3. The quantitative estimate of drug-likeness (QED) is 0.462. The average Bonchev–Trinajstić information content (AvgIpc) is 2.05. The molecule has 0 spiro atoms. The Morgan fingerprint density at radius 2 is 1.75 bits per heavy atom. The van der Waals surface area contributed by atoms with E-state index < -0.39 is 0 Å². The Balaban J connectivity index is 2.85. The van der Waals surface area contributed by atoms with Crippen molar-refractivity contribution in [1.82, 2.24) is 5.23 Å². The molecule has 1 aromatic carbocycles. The van der Waals surface area contributed by atoms with E-state index in [0.717, 1.165) is 6.20 Å². The van der Waals surface area contributed by atoms with Crippen LogP contribution in [0.4, 0.5) is 0 Å². The molecule has 0 atom stereocenters. The SMILES string of the molecule is O/C(=C\N(O)O)c1ccccc1. The highest BCUT2D eigenvalue weighted by molar-refractivity contribution is 5.57. The largest absolute Gasteiger partial charge is 0.506 e. The van der Waals surface area contributed by atoms with Crippen LogP contribution in [-0.2, 0) is 0 Å². The van der Waals surface area contributed by atoms with E-state index in [-0.39, 0.29) is 11.0 Å². The second kappa shape index (κ2) is 3.75. The minimum absolute atomic E-state index is 0.192. The van der Waals surface area contributed by atoms with E-state index in [1.807, 2.05) is 0 Å². The molecule has 0 radical (unpaired) electrons. The third-order valence-electron chi connectivity index (χ3n) is 1.31. The maximum absolute atomic E-state index is 9.19. The van der Waals surface area contributed by atoms with Crippen LogP contribution < -0.4 is 0 Å². The number of hydroxylamine groups is 2. The van der Waals surface area contributed by atoms with Gasteiger partial charge in [-0.05, 0) is 0 Å². The minimum atomic E-state index is -0.208. The van der Waals surface area contributed by atoms with Gasteiger partial charge in [-0.15, -0.1) is 5.23 Å². The smallest absolute Gasteiger partial charge is 0.143 e. The molecule has 0 fully saturated rings. The fourth-order valence-corrected chi connectivity index (χ4v) is 0.793. The maximum Gasteiger partial charge on any atom is 0.143 e. The molecule has 0 aliphatic rings. The molecule has 0 aromatic heterocycles. The van der Waals surface area contributed by atoms with Gasteiger partial charge in [-0.2, -0.15) is 0 Å². The fourth-order valence-electron chi connectivity index (χ4n) is 0.793. The summed E-state index contributed by atoms with van der Waals surface area (Å²) in [4.78, 5) is 0. The lowest BCUT2D eigenvalue weighted by atomic mass is 10.2. The molecule has 0 bridgehead atoms. The van der Waals surface area contributed by atoms with Gasteiger partial charge in [0, 0.05) is 5.56 Å². The van der Waals surface area contributed by atoms with Crippen molar-refractivity contribution >= 4 is 5.76 Å². The van der Waals surface area contributed by atoms with Crippen molar-refractivity contribution in [1.29, 1.82) is 0 Å². The molecule has 4 nitrogen and oxygen atoms in total. The van der Waals surface area contributed by atoms with Crippen molar-refractivity contribution < 1.29 is 15.5 Å². The van der Waals surface area contributed by atoms with Crippen LogP contribution >= 0.6 is 0 Å². The van der Waals surface area contributed by atoms with Gasteiger partial charge in [0.1, 0.15) is 12.0 Å². The predicted molar refractivity (Wildman–Crippen MR) is 42.5 cm³/mol. The zero-order valence-electron chi connectivity index (χ0n) is 6.25. The van der Waals surface area contributed by atoms with Crippen molar-refractivity contribution in [2.75, 3.05) is 0 Å². The van der Waals surface area contributed by atoms with Gasteiger partial charge in [-0.3, -0.25) is 10.4 Å². The van der Waals surface area contributed by atoms with Crippen molar-refractivity contribution in [2.24, 2.45) is 0 Å². The van der Waals surface area contributed by atoms with Crippen LogP contribution in [0.2, 0.25) is 0 Å². The summed E-state index contributed by atoms with van der Waals surface area (Å²) in [5, 5.41) is 25.7. The van der Waals surface area contributed by atoms with E-state index >= 15 is 0 Å². The lowest BCUT2D eigenvalue weighted by Crippen LogP contribution is -2.04. The number of nitrogens with zero attached hydrogens (tertiary/aromatic N) is 1. The summed E-state index contributed by atoms with van der Waals surface area (Å²) in [5.41, 5.74) is 0.519. The Kier molecular flexibility index (Phi) is 2.68. The molecular formula is C8H9NO3. The van der Waals surface area contributed by atoms with Gasteiger partial charge in [0.25, 0.3) is 0 Å². The number of aliphatic hydroxyl groups is 1. The van der Waals surface area contributed by atoms with E-state index in [2.05, 4.69) is 0 Å². The average molecular weight is 167 g/mol. The standard InChI is InChI=1S/C8H9NO3/c10-8(6-9(11)12)7-4-2-1-3-5-7/h1-6,10-12H/b8-6-. The van der Waals surface area contributed by atoms with Gasteiger partial charge in [0.05, 0.1) is 0 Å². The third kappa shape index (κ3) is 2.26. The highest BCUT2D eigenvalue weighted by Crippen LogP contribution is 2.09. The Morgan fingerprint density at radius 1 is 1.17 bits per heavy atom. The second-order valence-electron chi connectivity index (χ2n) is 2.20. The zero-order chi connectivity index (χ0) is 8.97. The number of rotatable bonds is 2. The summed E-state index contributed by atoms with van der Waals surface area (Å²) in [6, 6.07) is 8.56. The van der Waals surface area contributed by atoms with Crippen molar-refractivity contribution in [3.8, 4) is 0 Å². The van der Waals surface area contributed by atoms with Crippen LogP contribution in [-0.4, -0.2) is 20.7 Å². The Bertz CT molecular complexity index is 269. The highest BCUT2D eigenvalue weighted by Gasteiger charge is 1.97. The Morgan fingerprint density at radius 3 is 2.25 bits per heavy atom. The normalized spacial score (nSPS) is 11.3. The number of hydrogen-bond acceptors (Lipinski definition) is 4. The van der Waals surface area contributed by atoms with E-state index in [1.54, 1.807) is 30.3 Å². The van der Waals surface area contributed by atoms with Gasteiger partial charge in [0.2, 0.25) is 0 Å². The monoisotopic (exact) mass is 167 g/mol. The van der Waals surface area contributed by atoms with Crippen LogP contribution in [0.3, 0.4) is 0 Å². The molecule has 64 valence electrons. The van der Waals surface area contributed by atoms with Crippen LogP contribution in [0.15, 0.2) is 36.5 Å². The first-order valence-corrected chi connectivity index (χ1v) is 3.33. The predicted octanol–water partition coefficient (Wildman–Crippen LogP) is 1.62. The maximum atomic E-state index is 9.19. The molecule has 0 aliphatic heterocycles. The van der Waals surface area contributed by atoms with E-state index in [1.165, 1.54) is 0 Å². The summed E-state index contributed by atoms with van der Waals surface area (Å²) in [6.45, 7) is 0. The summed E-state index contributed by atoms with van der Waals surface area (Å²) >= 11 is 0. The minimum Gasteiger partial charge on any atom is -0.506 e. The van der Waals surface area contributed by atoms with Crippen molar-refractivity contribution in [3.63, 3.8) is 0 Å². The van der Waals surface area contributed by atoms with E-state index in [0.29, 0.717) is 5.56 Å². The molecular weight excluding hydrogens is 158 g/mol. The molecule has 0 aliphatic carbocycles. The van der Waals surface area contributed by atoms with Crippen LogP contribution in [0.25, 0.3) is 5.76 Å². The topological polar surface area (TPSA) is 63.9 Å². The Labute approximate surface area is 69.5 Å². The molecule has 0 saturated carbocycles. The Hall–Kier alpha value is -1.52. The van der Waals surface area contributed by atoms with E-state index in [4.69, 9.17) is 10.4 Å². The molecule has 1 aromatic rings. The fraction of sp³-hybridized carbons (Fsp3) is 0. The first-order chi connectivity index (χ1) is 5.70. The molecule has 0 amide bonds. The van der Waals surface area contributed by atoms with Crippen LogP contribution in [0.5, 0.6) is 0 Å². The summed E-state index contributed by atoms with van der Waals surface area (Å²) in [5.74, 6) is -0.208. The van der Waals surface area contributed by atoms with E-state index in [9.17, 15) is 5.11 Å². The summed E-state index contributed by atoms with van der Waals surface area (Å²) < 4.78 is 0. The van der Waals surface area contributed by atoms with Gasteiger partial charge in [-0.25, -0.2) is 0 Å². The molecule has 3 N–H and O–H groups in total. The van der Waals surface area contributed by atoms with Crippen LogP contribution in [0.1, 0.15) is 5.56 Å².